The first-order valence-electron chi connectivity index (χ1n) is 4.15. The summed E-state index contributed by atoms with van der Waals surface area (Å²) >= 11 is 0. The van der Waals surface area contributed by atoms with Crippen molar-refractivity contribution < 1.29 is 19.8 Å². The van der Waals surface area contributed by atoms with Crippen LogP contribution < -0.4 is 10.6 Å². The van der Waals surface area contributed by atoms with E-state index in [9.17, 15) is 9.59 Å². The van der Waals surface area contributed by atoms with Crippen molar-refractivity contribution in [2.45, 2.75) is 12.8 Å². The van der Waals surface area contributed by atoms with Crippen molar-refractivity contribution in [1.82, 2.24) is 10.6 Å². The normalized spacial score (nSPS) is 13.4. The van der Waals surface area contributed by atoms with Gasteiger partial charge in [-0.05, 0) is 6.20 Å². The second-order valence-electron chi connectivity index (χ2n) is 2.52. The van der Waals surface area contributed by atoms with E-state index in [0.717, 1.165) is 13.2 Å². The maximum Gasteiger partial charge on any atom is 0.303 e. The molecule has 1 heterocycles. The predicted octanol–water partition coefficient (Wildman–Crippen LogP) is -0.414. The number of carbonyl (C=O) groups is 2. The van der Waals surface area contributed by atoms with Crippen molar-refractivity contribution >= 4 is 11.9 Å². The van der Waals surface area contributed by atoms with Gasteiger partial charge in [0.15, 0.2) is 0 Å². The number of rotatable bonds is 3. The Kier molecular flexibility index (Phi) is 7.16. The summed E-state index contributed by atoms with van der Waals surface area (Å²) in [5.74, 6) is -2.15. The SMILES string of the molecule is C1=CNCNC1.O=C(O)CCC(=O)O. The summed E-state index contributed by atoms with van der Waals surface area (Å²) in [4.78, 5) is 19.3. The van der Waals surface area contributed by atoms with Crippen molar-refractivity contribution in [3.8, 4) is 0 Å². The summed E-state index contributed by atoms with van der Waals surface area (Å²) in [6, 6.07) is 0. The van der Waals surface area contributed by atoms with Crippen LogP contribution in [0.25, 0.3) is 0 Å². The first-order chi connectivity index (χ1) is 6.63. The maximum atomic E-state index is 9.64. The number of hydrogen-bond donors (Lipinski definition) is 4. The summed E-state index contributed by atoms with van der Waals surface area (Å²) in [6.07, 6.45) is 3.41. The van der Waals surface area contributed by atoms with Crippen molar-refractivity contribution in [3.63, 3.8) is 0 Å². The number of aliphatic carboxylic acids is 2. The van der Waals surface area contributed by atoms with Gasteiger partial charge in [-0.2, -0.15) is 0 Å². The Labute approximate surface area is 81.6 Å². The van der Waals surface area contributed by atoms with E-state index in [4.69, 9.17) is 10.2 Å². The molecule has 0 atom stereocenters. The average molecular weight is 202 g/mol. The van der Waals surface area contributed by atoms with Gasteiger partial charge in [0.1, 0.15) is 0 Å². The highest BCUT2D eigenvalue weighted by Crippen LogP contribution is 1.86. The Morgan fingerprint density at radius 1 is 1.21 bits per heavy atom. The van der Waals surface area contributed by atoms with Crippen LogP contribution in [0.15, 0.2) is 12.3 Å². The summed E-state index contributed by atoms with van der Waals surface area (Å²) in [5, 5.41) is 21.9. The molecule has 0 aliphatic carbocycles. The minimum atomic E-state index is -1.08. The molecular weight excluding hydrogens is 188 g/mol. The molecule has 6 heteroatoms. The zero-order valence-corrected chi connectivity index (χ0v) is 7.69. The summed E-state index contributed by atoms with van der Waals surface area (Å²) in [6.45, 7) is 1.92. The zero-order valence-electron chi connectivity index (χ0n) is 7.69. The van der Waals surface area contributed by atoms with Crippen LogP contribution in [0, 0.1) is 0 Å². The summed E-state index contributed by atoms with van der Waals surface area (Å²) in [5.41, 5.74) is 0. The molecule has 14 heavy (non-hydrogen) atoms. The second kappa shape index (κ2) is 8.06. The molecule has 80 valence electrons. The number of hydrogen-bond acceptors (Lipinski definition) is 4. The van der Waals surface area contributed by atoms with Gasteiger partial charge in [-0.25, -0.2) is 0 Å². The summed E-state index contributed by atoms with van der Waals surface area (Å²) < 4.78 is 0. The molecule has 4 N–H and O–H groups in total. The highest BCUT2D eigenvalue weighted by Gasteiger charge is 2.00. The lowest BCUT2D eigenvalue weighted by Gasteiger charge is -2.05. The van der Waals surface area contributed by atoms with Crippen LogP contribution in [0.5, 0.6) is 0 Å². The first-order valence-corrected chi connectivity index (χ1v) is 4.15. The lowest BCUT2D eigenvalue weighted by Crippen LogP contribution is -2.29. The number of carboxylic acids is 2. The Balaban J connectivity index is 0.000000249. The van der Waals surface area contributed by atoms with Crippen LogP contribution in [0.1, 0.15) is 12.8 Å². The lowest BCUT2D eigenvalue weighted by atomic mass is 10.3. The molecule has 0 aromatic heterocycles. The molecule has 0 unspecified atom stereocenters. The van der Waals surface area contributed by atoms with E-state index < -0.39 is 11.9 Å². The van der Waals surface area contributed by atoms with E-state index in [-0.39, 0.29) is 12.8 Å². The van der Waals surface area contributed by atoms with Crippen LogP contribution >= 0.6 is 0 Å². The van der Waals surface area contributed by atoms with Crippen molar-refractivity contribution in [1.29, 1.82) is 0 Å². The van der Waals surface area contributed by atoms with E-state index in [2.05, 4.69) is 10.6 Å². The van der Waals surface area contributed by atoms with Gasteiger partial charge in [-0.15, -0.1) is 0 Å². The largest absolute Gasteiger partial charge is 0.481 e. The number of nitrogens with one attached hydrogen (secondary N) is 2. The number of carboxylic acid groups (broad SMARTS) is 2. The van der Waals surface area contributed by atoms with Crippen LogP contribution in [-0.2, 0) is 9.59 Å². The fourth-order valence-electron chi connectivity index (χ4n) is 0.643. The van der Waals surface area contributed by atoms with Gasteiger partial charge in [-0.1, -0.05) is 6.08 Å². The molecule has 1 aliphatic rings. The minimum absolute atomic E-state index is 0.296. The molecule has 1 aliphatic heterocycles. The van der Waals surface area contributed by atoms with Gasteiger partial charge in [0.2, 0.25) is 0 Å². The highest BCUT2D eigenvalue weighted by molar-refractivity contribution is 5.75. The fourth-order valence-corrected chi connectivity index (χ4v) is 0.643. The molecule has 1 rings (SSSR count). The quantitative estimate of drug-likeness (QED) is 0.496. The third-order valence-electron chi connectivity index (χ3n) is 1.28. The van der Waals surface area contributed by atoms with Crippen LogP contribution in [0.3, 0.4) is 0 Å². The predicted molar refractivity (Wildman–Crippen MR) is 49.7 cm³/mol. The monoisotopic (exact) mass is 202 g/mol. The van der Waals surface area contributed by atoms with Gasteiger partial charge in [0.25, 0.3) is 0 Å². The second-order valence-corrected chi connectivity index (χ2v) is 2.52. The van der Waals surface area contributed by atoms with E-state index in [1.54, 1.807) is 0 Å². The Hall–Kier alpha value is -1.56. The Bertz CT molecular complexity index is 193. The minimum Gasteiger partial charge on any atom is -0.481 e. The smallest absolute Gasteiger partial charge is 0.303 e. The van der Waals surface area contributed by atoms with Crippen LogP contribution in [0.4, 0.5) is 0 Å². The molecule has 0 radical (unpaired) electrons. The zero-order chi connectivity index (χ0) is 10.8. The third-order valence-corrected chi connectivity index (χ3v) is 1.28. The van der Waals surface area contributed by atoms with Crippen molar-refractivity contribution in [2.24, 2.45) is 0 Å². The van der Waals surface area contributed by atoms with Gasteiger partial charge in [0, 0.05) is 6.54 Å². The Morgan fingerprint density at radius 2 is 1.79 bits per heavy atom. The molecule has 0 bridgehead atoms. The molecule has 0 spiro atoms. The van der Waals surface area contributed by atoms with Crippen LogP contribution in [0.2, 0.25) is 0 Å². The molecular formula is C8H14N2O4. The van der Waals surface area contributed by atoms with E-state index in [1.807, 2.05) is 12.3 Å². The molecule has 0 saturated carbocycles. The summed E-state index contributed by atoms with van der Waals surface area (Å²) in [7, 11) is 0. The maximum absolute atomic E-state index is 9.64. The van der Waals surface area contributed by atoms with Crippen molar-refractivity contribution in [2.75, 3.05) is 13.2 Å². The first kappa shape index (κ1) is 12.4. The standard InChI is InChI=1S/C4H8N2.C4H6O4/c1-2-5-4-6-3-1;5-3(6)1-2-4(7)8/h1-2,5-6H,3-4H2;1-2H2,(H,5,6)(H,7,8). The van der Waals surface area contributed by atoms with Gasteiger partial charge in [0.05, 0.1) is 19.5 Å². The topological polar surface area (TPSA) is 98.7 Å². The van der Waals surface area contributed by atoms with E-state index >= 15 is 0 Å². The van der Waals surface area contributed by atoms with E-state index in [0.29, 0.717) is 0 Å². The third kappa shape index (κ3) is 10.4. The van der Waals surface area contributed by atoms with Gasteiger partial charge < -0.3 is 15.5 Å². The molecule has 0 aromatic rings. The fraction of sp³-hybridized carbons (Fsp3) is 0.500. The van der Waals surface area contributed by atoms with Gasteiger partial charge >= 0.3 is 11.9 Å². The lowest BCUT2D eigenvalue weighted by molar-refractivity contribution is -0.143. The van der Waals surface area contributed by atoms with Crippen LogP contribution in [-0.4, -0.2) is 35.4 Å². The van der Waals surface area contributed by atoms with Gasteiger partial charge in [-0.3, -0.25) is 14.9 Å². The average Bonchev–Trinajstić information content (AvgIpc) is 2.18. The van der Waals surface area contributed by atoms with Crippen molar-refractivity contribution in [3.05, 3.63) is 12.3 Å². The molecule has 0 aromatic carbocycles. The molecule has 0 saturated heterocycles. The molecule has 0 amide bonds. The molecule has 6 nitrogen and oxygen atoms in total. The highest BCUT2D eigenvalue weighted by atomic mass is 16.4. The van der Waals surface area contributed by atoms with E-state index in [1.165, 1.54) is 0 Å². The molecule has 0 fully saturated rings. The Morgan fingerprint density at radius 3 is 1.93 bits per heavy atom.